The smallest absolute Gasteiger partial charge is 0.225 e. The zero-order chi connectivity index (χ0) is 18.4. The summed E-state index contributed by atoms with van der Waals surface area (Å²) in [5, 5.41) is 0. The zero-order valence-corrected chi connectivity index (χ0v) is 17.6. The Hall–Kier alpha value is -0.530. The van der Waals surface area contributed by atoms with Crippen molar-refractivity contribution in [3.05, 3.63) is 0 Å². The largest absolute Gasteiger partial charge is 0.342 e. The second-order valence-electron chi connectivity index (χ2n) is 8.67. The summed E-state index contributed by atoms with van der Waals surface area (Å²) in [6, 6.07) is 0. The molecule has 0 unspecified atom stereocenters. The first kappa shape index (κ1) is 23.5. The quantitative estimate of drug-likeness (QED) is 0.305. The van der Waals surface area contributed by atoms with Crippen molar-refractivity contribution < 1.29 is 4.79 Å². The van der Waals surface area contributed by atoms with E-state index >= 15 is 0 Å². The van der Waals surface area contributed by atoms with Crippen LogP contribution in [0.4, 0.5) is 0 Å². The first-order valence-corrected chi connectivity index (χ1v) is 10.6. The Morgan fingerprint density at radius 2 is 1.00 bits per heavy atom. The van der Waals surface area contributed by atoms with Gasteiger partial charge in [0.2, 0.25) is 5.91 Å². The number of rotatable bonds is 15. The maximum absolute atomic E-state index is 12.4. The topological polar surface area (TPSA) is 20.3 Å². The molecule has 0 atom stereocenters. The van der Waals surface area contributed by atoms with E-state index in [4.69, 9.17) is 0 Å². The molecule has 0 saturated heterocycles. The Balaban J connectivity index is 3.92. The lowest BCUT2D eigenvalue weighted by atomic mass is 10.0. The molecule has 0 aromatic rings. The molecule has 0 rings (SSSR count). The maximum Gasteiger partial charge on any atom is 0.225 e. The van der Waals surface area contributed by atoms with Crippen LogP contribution in [0.3, 0.4) is 0 Å². The van der Waals surface area contributed by atoms with Crippen LogP contribution in [0.1, 0.15) is 106 Å². The number of carbonyl (C=O) groups excluding carboxylic acids is 1. The van der Waals surface area contributed by atoms with Crippen LogP contribution in [0.15, 0.2) is 0 Å². The van der Waals surface area contributed by atoms with E-state index in [1.165, 1.54) is 64.2 Å². The Morgan fingerprint density at radius 3 is 1.33 bits per heavy atom. The van der Waals surface area contributed by atoms with E-state index in [1.807, 2.05) is 13.8 Å². The lowest BCUT2D eigenvalue weighted by Gasteiger charge is -2.24. The molecule has 0 aliphatic rings. The summed E-state index contributed by atoms with van der Waals surface area (Å²) >= 11 is 0. The van der Waals surface area contributed by atoms with Crippen molar-refractivity contribution in [2.75, 3.05) is 13.1 Å². The van der Waals surface area contributed by atoms with Crippen molar-refractivity contribution in [2.24, 2.45) is 17.8 Å². The van der Waals surface area contributed by atoms with Gasteiger partial charge in [-0.25, -0.2) is 0 Å². The predicted octanol–water partition coefficient (Wildman–Crippen LogP) is 6.68. The van der Waals surface area contributed by atoms with Crippen molar-refractivity contribution in [2.45, 2.75) is 106 Å². The normalized spacial score (nSPS) is 11.7. The van der Waals surface area contributed by atoms with Crippen LogP contribution in [0.5, 0.6) is 0 Å². The summed E-state index contributed by atoms with van der Waals surface area (Å²) in [7, 11) is 0. The minimum atomic E-state index is 0.131. The van der Waals surface area contributed by atoms with Gasteiger partial charge in [0.05, 0.1) is 0 Å². The number of hydrogen-bond acceptors (Lipinski definition) is 1. The van der Waals surface area contributed by atoms with Gasteiger partial charge in [0.15, 0.2) is 0 Å². The van der Waals surface area contributed by atoms with Gasteiger partial charge >= 0.3 is 0 Å². The van der Waals surface area contributed by atoms with E-state index in [0.29, 0.717) is 5.91 Å². The van der Waals surface area contributed by atoms with Crippen LogP contribution >= 0.6 is 0 Å². The summed E-state index contributed by atoms with van der Waals surface area (Å²) in [5.41, 5.74) is 0. The molecule has 0 saturated carbocycles. The molecule has 2 nitrogen and oxygen atoms in total. The summed E-state index contributed by atoms with van der Waals surface area (Å²) in [6.07, 6.45) is 12.9. The summed E-state index contributed by atoms with van der Waals surface area (Å²) in [6.45, 7) is 15.2. The highest BCUT2D eigenvalue weighted by atomic mass is 16.2. The third-order valence-electron chi connectivity index (χ3n) is 4.72. The van der Waals surface area contributed by atoms with E-state index in [-0.39, 0.29) is 5.92 Å². The molecule has 0 aromatic heterocycles. The fraction of sp³-hybridized carbons (Fsp3) is 0.955. The zero-order valence-electron chi connectivity index (χ0n) is 17.6. The van der Waals surface area contributed by atoms with Gasteiger partial charge in [0.25, 0.3) is 0 Å². The third-order valence-corrected chi connectivity index (χ3v) is 4.72. The van der Waals surface area contributed by atoms with Crippen molar-refractivity contribution >= 4 is 5.91 Å². The third kappa shape index (κ3) is 13.9. The van der Waals surface area contributed by atoms with Crippen molar-refractivity contribution in [3.8, 4) is 0 Å². The molecule has 0 heterocycles. The molecular formula is C22H45NO. The van der Waals surface area contributed by atoms with Gasteiger partial charge < -0.3 is 4.90 Å². The lowest BCUT2D eigenvalue weighted by molar-refractivity contribution is -0.134. The molecule has 144 valence electrons. The van der Waals surface area contributed by atoms with Gasteiger partial charge in [0, 0.05) is 19.0 Å². The molecule has 0 aliphatic carbocycles. The van der Waals surface area contributed by atoms with Crippen LogP contribution in [-0.2, 0) is 4.79 Å². The highest BCUT2D eigenvalue weighted by Gasteiger charge is 2.16. The second-order valence-corrected chi connectivity index (χ2v) is 8.67. The summed E-state index contributed by atoms with van der Waals surface area (Å²) < 4.78 is 0. The Labute approximate surface area is 152 Å². The minimum absolute atomic E-state index is 0.131. The SMILES string of the molecule is CC(C)CCCCCCN(CCCCCCC(C)C)C(=O)C(C)C. The number of amides is 1. The van der Waals surface area contributed by atoms with E-state index in [0.717, 1.165) is 24.9 Å². The molecule has 1 amide bonds. The first-order chi connectivity index (χ1) is 11.3. The standard InChI is InChI=1S/C22H45NO/c1-19(2)15-11-7-9-13-17-23(22(24)21(5)6)18-14-10-8-12-16-20(3)4/h19-21H,7-18H2,1-6H3. The van der Waals surface area contributed by atoms with Gasteiger partial charge in [0.1, 0.15) is 0 Å². The lowest BCUT2D eigenvalue weighted by Crippen LogP contribution is -2.36. The van der Waals surface area contributed by atoms with Crippen LogP contribution in [0, 0.1) is 17.8 Å². The second kappa shape index (κ2) is 14.8. The molecule has 0 fully saturated rings. The van der Waals surface area contributed by atoms with Crippen LogP contribution in [0.25, 0.3) is 0 Å². The minimum Gasteiger partial charge on any atom is -0.342 e. The molecule has 0 aliphatic heterocycles. The van der Waals surface area contributed by atoms with Crippen LogP contribution in [0.2, 0.25) is 0 Å². The summed E-state index contributed by atoms with van der Waals surface area (Å²) in [4.78, 5) is 14.5. The highest BCUT2D eigenvalue weighted by molar-refractivity contribution is 5.78. The Bertz CT molecular complexity index is 276. The monoisotopic (exact) mass is 339 g/mol. The summed E-state index contributed by atoms with van der Waals surface area (Å²) in [5.74, 6) is 2.12. The molecule has 0 bridgehead atoms. The van der Waals surface area contributed by atoms with Crippen molar-refractivity contribution in [1.29, 1.82) is 0 Å². The van der Waals surface area contributed by atoms with E-state index in [9.17, 15) is 4.79 Å². The fourth-order valence-electron chi connectivity index (χ4n) is 3.11. The number of carbonyl (C=O) groups is 1. The number of unbranched alkanes of at least 4 members (excludes halogenated alkanes) is 6. The van der Waals surface area contributed by atoms with E-state index < -0.39 is 0 Å². The van der Waals surface area contributed by atoms with Crippen LogP contribution < -0.4 is 0 Å². The number of nitrogens with zero attached hydrogens (tertiary/aromatic N) is 1. The maximum atomic E-state index is 12.4. The number of hydrogen-bond donors (Lipinski definition) is 0. The molecule has 0 radical (unpaired) electrons. The van der Waals surface area contributed by atoms with Crippen molar-refractivity contribution in [3.63, 3.8) is 0 Å². The molecule has 24 heavy (non-hydrogen) atoms. The van der Waals surface area contributed by atoms with E-state index in [2.05, 4.69) is 32.6 Å². The first-order valence-electron chi connectivity index (χ1n) is 10.6. The molecule has 0 aromatic carbocycles. The molecule has 2 heteroatoms. The Kier molecular flexibility index (Phi) is 14.5. The van der Waals surface area contributed by atoms with E-state index in [1.54, 1.807) is 0 Å². The average molecular weight is 340 g/mol. The van der Waals surface area contributed by atoms with Gasteiger partial charge in [-0.3, -0.25) is 4.79 Å². The predicted molar refractivity (Wildman–Crippen MR) is 107 cm³/mol. The fourth-order valence-corrected chi connectivity index (χ4v) is 3.11. The van der Waals surface area contributed by atoms with Gasteiger partial charge in [-0.15, -0.1) is 0 Å². The van der Waals surface area contributed by atoms with Crippen molar-refractivity contribution in [1.82, 2.24) is 4.90 Å². The molecular weight excluding hydrogens is 294 g/mol. The van der Waals surface area contributed by atoms with Gasteiger partial charge in [-0.1, -0.05) is 92.9 Å². The Morgan fingerprint density at radius 1 is 0.625 bits per heavy atom. The van der Waals surface area contributed by atoms with Crippen LogP contribution in [-0.4, -0.2) is 23.9 Å². The van der Waals surface area contributed by atoms with Gasteiger partial charge in [-0.05, 0) is 24.7 Å². The average Bonchev–Trinajstić information content (AvgIpc) is 2.50. The molecule has 0 N–H and O–H groups in total. The highest BCUT2D eigenvalue weighted by Crippen LogP contribution is 2.13. The molecule has 0 spiro atoms. The van der Waals surface area contributed by atoms with Gasteiger partial charge in [-0.2, -0.15) is 0 Å².